The second-order valence-electron chi connectivity index (χ2n) is 7.47. The zero-order chi connectivity index (χ0) is 20.1. The van der Waals surface area contributed by atoms with Crippen molar-refractivity contribution < 1.29 is 9.13 Å². The molecule has 2 heterocycles. The predicted molar refractivity (Wildman–Crippen MR) is 114 cm³/mol. The Morgan fingerprint density at radius 1 is 1.21 bits per heavy atom. The maximum Gasteiger partial charge on any atom is 0.266 e. The molecule has 0 saturated heterocycles. The normalized spacial score (nSPS) is 12.0. The molecule has 0 saturated carbocycles. The van der Waals surface area contributed by atoms with Crippen molar-refractivity contribution in [3.8, 4) is 16.9 Å². The average Bonchev–Trinajstić information content (AvgIpc) is 3.17. The molecule has 2 aromatic heterocycles. The van der Waals surface area contributed by atoms with Gasteiger partial charge in [0.25, 0.3) is 5.56 Å². The number of benzene rings is 2. The standard InChI is InChI=1S/C22H21FN2O2S/c1-22(2,11-24)14-5-4-12(10-15(14)23)18-17(27-3)7-6-16-19(18)13-8-9-28-20(13)21(26)25-16/h4-10H,11,24H2,1-3H3,(H,25,26). The highest BCUT2D eigenvalue weighted by molar-refractivity contribution is 7.17. The number of pyridine rings is 1. The minimum Gasteiger partial charge on any atom is -0.496 e. The van der Waals surface area contributed by atoms with Crippen molar-refractivity contribution >= 4 is 32.3 Å². The third-order valence-electron chi connectivity index (χ3n) is 5.27. The van der Waals surface area contributed by atoms with Crippen molar-refractivity contribution in [1.29, 1.82) is 0 Å². The van der Waals surface area contributed by atoms with Crippen molar-refractivity contribution in [2.45, 2.75) is 19.3 Å². The highest BCUT2D eigenvalue weighted by atomic mass is 32.1. The fourth-order valence-electron chi connectivity index (χ4n) is 3.61. The fourth-order valence-corrected chi connectivity index (χ4v) is 4.41. The number of thiophene rings is 1. The lowest BCUT2D eigenvalue weighted by Gasteiger charge is -2.24. The number of fused-ring (bicyclic) bond motifs is 3. The molecule has 0 amide bonds. The van der Waals surface area contributed by atoms with Crippen LogP contribution < -0.4 is 16.0 Å². The molecule has 3 N–H and O–H groups in total. The predicted octanol–water partition coefficient (Wildman–Crippen LogP) is 4.79. The molecule has 0 fully saturated rings. The third-order valence-corrected chi connectivity index (χ3v) is 6.19. The summed E-state index contributed by atoms with van der Waals surface area (Å²) in [6.07, 6.45) is 0. The lowest BCUT2D eigenvalue weighted by Crippen LogP contribution is -2.29. The summed E-state index contributed by atoms with van der Waals surface area (Å²) in [7, 11) is 1.59. The van der Waals surface area contributed by atoms with Crippen LogP contribution in [0.1, 0.15) is 19.4 Å². The molecule has 4 nitrogen and oxygen atoms in total. The number of hydrogen-bond donors (Lipinski definition) is 2. The van der Waals surface area contributed by atoms with Gasteiger partial charge in [0.1, 0.15) is 16.3 Å². The second-order valence-corrected chi connectivity index (χ2v) is 8.38. The van der Waals surface area contributed by atoms with Gasteiger partial charge in [-0.2, -0.15) is 0 Å². The van der Waals surface area contributed by atoms with Crippen molar-refractivity contribution in [3.63, 3.8) is 0 Å². The number of methoxy groups -OCH3 is 1. The second kappa shape index (κ2) is 6.72. The van der Waals surface area contributed by atoms with Crippen molar-refractivity contribution in [3.05, 3.63) is 63.5 Å². The van der Waals surface area contributed by atoms with E-state index in [-0.39, 0.29) is 11.4 Å². The molecule has 28 heavy (non-hydrogen) atoms. The van der Waals surface area contributed by atoms with Gasteiger partial charge < -0.3 is 15.5 Å². The SMILES string of the molecule is COc1ccc2[nH]c(=O)c3sccc3c2c1-c1ccc(C(C)(C)CN)c(F)c1. The fraction of sp³-hybridized carbons (Fsp3) is 0.227. The van der Waals surface area contributed by atoms with E-state index in [4.69, 9.17) is 10.5 Å². The van der Waals surface area contributed by atoms with Gasteiger partial charge in [0.2, 0.25) is 0 Å². The summed E-state index contributed by atoms with van der Waals surface area (Å²) in [6.45, 7) is 4.18. The zero-order valence-electron chi connectivity index (χ0n) is 15.9. The van der Waals surface area contributed by atoms with Crippen LogP contribution in [0, 0.1) is 5.82 Å². The van der Waals surface area contributed by atoms with Crippen LogP contribution in [0.2, 0.25) is 0 Å². The van der Waals surface area contributed by atoms with E-state index in [0.717, 1.165) is 16.3 Å². The molecular formula is C22H21FN2O2S. The Morgan fingerprint density at radius 3 is 2.68 bits per heavy atom. The van der Waals surface area contributed by atoms with E-state index in [2.05, 4.69) is 4.98 Å². The Bertz CT molecular complexity index is 1260. The van der Waals surface area contributed by atoms with Crippen LogP contribution in [0.5, 0.6) is 5.75 Å². The van der Waals surface area contributed by atoms with E-state index in [1.807, 2.05) is 37.4 Å². The first kappa shape index (κ1) is 18.7. The summed E-state index contributed by atoms with van der Waals surface area (Å²) in [4.78, 5) is 15.3. The lowest BCUT2D eigenvalue weighted by atomic mass is 9.83. The van der Waals surface area contributed by atoms with Gasteiger partial charge in [-0.3, -0.25) is 4.79 Å². The van der Waals surface area contributed by atoms with Gasteiger partial charge in [-0.05, 0) is 40.8 Å². The van der Waals surface area contributed by atoms with Gasteiger partial charge in [0.15, 0.2) is 0 Å². The number of halogens is 1. The van der Waals surface area contributed by atoms with Gasteiger partial charge in [0.05, 0.1) is 7.11 Å². The molecule has 4 rings (SSSR count). The summed E-state index contributed by atoms with van der Waals surface area (Å²) < 4.78 is 21.3. The van der Waals surface area contributed by atoms with Gasteiger partial charge in [-0.15, -0.1) is 11.3 Å². The number of ether oxygens (including phenoxy) is 1. The molecule has 0 spiro atoms. The van der Waals surface area contributed by atoms with Crippen LogP contribution in [0.3, 0.4) is 0 Å². The van der Waals surface area contributed by atoms with E-state index in [9.17, 15) is 4.79 Å². The molecule has 4 aromatic rings. The van der Waals surface area contributed by atoms with Crippen LogP contribution in [-0.4, -0.2) is 18.6 Å². The topological polar surface area (TPSA) is 68.1 Å². The first-order valence-electron chi connectivity index (χ1n) is 8.98. The molecule has 0 aliphatic rings. The summed E-state index contributed by atoms with van der Waals surface area (Å²) in [5.74, 6) is 0.315. The Labute approximate surface area is 165 Å². The molecular weight excluding hydrogens is 375 g/mol. The van der Waals surface area contributed by atoms with E-state index in [1.165, 1.54) is 17.4 Å². The molecule has 0 aliphatic heterocycles. The molecule has 0 unspecified atom stereocenters. The van der Waals surface area contributed by atoms with Gasteiger partial charge in [0, 0.05) is 33.8 Å². The number of nitrogens with one attached hydrogen (secondary N) is 1. The van der Waals surface area contributed by atoms with E-state index >= 15 is 4.39 Å². The van der Waals surface area contributed by atoms with Crippen LogP contribution >= 0.6 is 11.3 Å². The van der Waals surface area contributed by atoms with Crippen molar-refractivity contribution in [1.82, 2.24) is 4.98 Å². The van der Waals surface area contributed by atoms with Crippen molar-refractivity contribution in [2.24, 2.45) is 5.73 Å². The smallest absolute Gasteiger partial charge is 0.266 e. The third kappa shape index (κ3) is 2.80. The van der Waals surface area contributed by atoms with E-state index in [1.54, 1.807) is 19.2 Å². The summed E-state index contributed by atoms with van der Waals surface area (Å²) in [6, 6.07) is 10.7. The minimum absolute atomic E-state index is 0.125. The molecule has 144 valence electrons. The monoisotopic (exact) mass is 396 g/mol. The molecule has 0 atom stereocenters. The Balaban J connectivity index is 2.07. The summed E-state index contributed by atoms with van der Waals surface area (Å²) >= 11 is 1.39. The zero-order valence-corrected chi connectivity index (χ0v) is 16.7. The maximum atomic E-state index is 15.0. The molecule has 6 heteroatoms. The Kier molecular flexibility index (Phi) is 4.48. The number of nitrogens with two attached hydrogens (primary N) is 1. The number of hydrogen-bond acceptors (Lipinski definition) is 4. The summed E-state index contributed by atoms with van der Waals surface area (Å²) in [5, 5.41) is 3.57. The molecule has 2 aromatic carbocycles. The number of aromatic nitrogens is 1. The lowest BCUT2D eigenvalue weighted by molar-refractivity contribution is 0.417. The summed E-state index contributed by atoms with van der Waals surface area (Å²) in [5.41, 5.74) is 7.96. The highest BCUT2D eigenvalue weighted by Crippen LogP contribution is 2.41. The molecule has 0 aliphatic carbocycles. The van der Waals surface area contributed by atoms with Crippen LogP contribution in [0.25, 0.3) is 32.1 Å². The molecule has 0 bridgehead atoms. The number of rotatable bonds is 4. The van der Waals surface area contributed by atoms with Gasteiger partial charge in [-0.1, -0.05) is 26.0 Å². The Hall–Kier alpha value is -2.70. The quantitative estimate of drug-likeness (QED) is 0.521. The minimum atomic E-state index is -0.461. The van der Waals surface area contributed by atoms with E-state index in [0.29, 0.717) is 33.6 Å². The Morgan fingerprint density at radius 2 is 2.00 bits per heavy atom. The van der Waals surface area contributed by atoms with Gasteiger partial charge in [-0.25, -0.2) is 4.39 Å². The maximum absolute atomic E-state index is 15.0. The number of aromatic amines is 1. The first-order chi connectivity index (χ1) is 13.4. The van der Waals surface area contributed by atoms with E-state index < -0.39 is 5.41 Å². The average molecular weight is 396 g/mol. The van der Waals surface area contributed by atoms with Crippen LogP contribution in [-0.2, 0) is 5.41 Å². The highest BCUT2D eigenvalue weighted by Gasteiger charge is 2.24. The van der Waals surface area contributed by atoms with Gasteiger partial charge >= 0.3 is 0 Å². The largest absolute Gasteiger partial charge is 0.496 e. The van der Waals surface area contributed by atoms with Crippen LogP contribution in [0.4, 0.5) is 4.39 Å². The molecule has 0 radical (unpaired) electrons. The van der Waals surface area contributed by atoms with Crippen molar-refractivity contribution in [2.75, 3.05) is 13.7 Å². The van der Waals surface area contributed by atoms with Crippen LogP contribution in [0.15, 0.2) is 46.6 Å². The number of H-pyrrole nitrogens is 1. The first-order valence-corrected chi connectivity index (χ1v) is 9.86.